The second kappa shape index (κ2) is 8.60. The van der Waals surface area contributed by atoms with Crippen molar-refractivity contribution < 1.29 is 15.0 Å². The fourth-order valence-corrected chi connectivity index (χ4v) is 4.36. The average molecular weight is 422 g/mol. The molecule has 0 amide bonds. The van der Waals surface area contributed by atoms with E-state index in [9.17, 15) is 15.0 Å². The Morgan fingerprint density at radius 3 is 2.45 bits per heavy atom. The van der Waals surface area contributed by atoms with Crippen LogP contribution in [-0.4, -0.2) is 34.4 Å². The van der Waals surface area contributed by atoms with Crippen molar-refractivity contribution >= 4 is 23.0 Å². The number of nitriles is 1. The lowest BCUT2D eigenvalue weighted by Gasteiger charge is -2.37. The zero-order valence-corrected chi connectivity index (χ0v) is 18.6. The topological polar surface area (TPSA) is 96.6 Å². The number of carbonyl (C=O) groups is 1. The number of hydrogen-bond acceptors (Lipinski definition) is 5. The van der Waals surface area contributed by atoms with Crippen LogP contribution >= 0.6 is 0 Å². The molecule has 1 heterocycles. The van der Waals surface area contributed by atoms with E-state index in [-0.39, 0.29) is 12.5 Å². The molecule has 0 aromatic heterocycles. The van der Waals surface area contributed by atoms with Crippen LogP contribution in [0.25, 0.3) is 0 Å². The van der Waals surface area contributed by atoms with Crippen molar-refractivity contribution in [3.8, 4) is 6.07 Å². The van der Waals surface area contributed by atoms with Crippen LogP contribution in [0.1, 0.15) is 58.1 Å². The number of nitrogens with zero attached hydrogens (tertiary/aromatic N) is 2. The number of anilines is 3. The van der Waals surface area contributed by atoms with Gasteiger partial charge in [0.05, 0.1) is 41.1 Å². The molecule has 6 heteroatoms. The van der Waals surface area contributed by atoms with Crippen molar-refractivity contribution in [2.24, 2.45) is 0 Å². The SMILES string of the molecule is CC(C)(CC(=O)O)c1ccc(N2CCCC2C(C)(C)O)c(Nc2ccc(C#N)cc2)c1. The highest BCUT2D eigenvalue weighted by Gasteiger charge is 2.37. The molecule has 31 heavy (non-hydrogen) atoms. The number of rotatable bonds is 7. The molecule has 1 fully saturated rings. The Hall–Kier alpha value is -3.04. The number of aliphatic hydroxyl groups is 1. The summed E-state index contributed by atoms with van der Waals surface area (Å²) in [5.41, 5.74) is 2.81. The van der Waals surface area contributed by atoms with Gasteiger partial charge in [-0.25, -0.2) is 0 Å². The third kappa shape index (κ3) is 5.18. The first-order valence-electron chi connectivity index (χ1n) is 10.6. The van der Waals surface area contributed by atoms with E-state index in [1.807, 2.05) is 58.0 Å². The summed E-state index contributed by atoms with van der Waals surface area (Å²) in [5, 5.41) is 32.6. The van der Waals surface area contributed by atoms with Crippen LogP contribution in [0.5, 0.6) is 0 Å². The third-order valence-electron chi connectivity index (χ3n) is 6.04. The van der Waals surface area contributed by atoms with E-state index in [4.69, 9.17) is 5.26 Å². The lowest BCUT2D eigenvalue weighted by molar-refractivity contribution is -0.138. The van der Waals surface area contributed by atoms with Gasteiger partial charge in [-0.15, -0.1) is 0 Å². The summed E-state index contributed by atoms with van der Waals surface area (Å²) in [6.07, 6.45) is 1.93. The molecular weight excluding hydrogens is 390 g/mol. The molecule has 3 rings (SSSR count). The van der Waals surface area contributed by atoms with Crippen LogP contribution in [0.3, 0.4) is 0 Å². The summed E-state index contributed by atoms with van der Waals surface area (Å²) < 4.78 is 0. The minimum Gasteiger partial charge on any atom is -0.481 e. The quantitative estimate of drug-likeness (QED) is 0.595. The molecule has 0 spiro atoms. The minimum absolute atomic E-state index is 0.00750. The predicted octanol–water partition coefficient (Wildman–Crippen LogP) is 4.79. The first kappa shape index (κ1) is 22.6. The van der Waals surface area contributed by atoms with Gasteiger partial charge in [-0.3, -0.25) is 4.79 Å². The summed E-state index contributed by atoms with van der Waals surface area (Å²) in [7, 11) is 0. The molecule has 6 nitrogen and oxygen atoms in total. The number of aliphatic carboxylic acids is 1. The van der Waals surface area contributed by atoms with Gasteiger partial charge in [-0.1, -0.05) is 19.9 Å². The lowest BCUT2D eigenvalue weighted by Crippen LogP contribution is -2.46. The number of hydrogen-bond donors (Lipinski definition) is 3. The van der Waals surface area contributed by atoms with Crippen molar-refractivity contribution in [2.45, 2.75) is 64.0 Å². The Bertz CT molecular complexity index is 985. The Balaban J connectivity index is 2.05. The highest BCUT2D eigenvalue weighted by molar-refractivity contribution is 5.78. The summed E-state index contributed by atoms with van der Waals surface area (Å²) in [4.78, 5) is 13.6. The van der Waals surface area contributed by atoms with Crippen molar-refractivity contribution in [3.63, 3.8) is 0 Å². The standard InChI is InChI=1S/C25H31N3O3/c1-24(2,15-23(29)30)18-9-12-21(28-13-5-6-22(28)25(3,4)31)20(14-18)27-19-10-7-17(16-26)8-11-19/h7-12,14,22,27,31H,5-6,13,15H2,1-4H3,(H,29,30). The summed E-state index contributed by atoms with van der Waals surface area (Å²) >= 11 is 0. The number of nitrogens with one attached hydrogen (secondary N) is 1. The molecule has 0 saturated carbocycles. The Morgan fingerprint density at radius 2 is 1.87 bits per heavy atom. The Labute approximate surface area is 184 Å². The smallest absolute Gasteiger partial charge is 0.304 e. The first-order valence-corrected chi connectivity index (χ1v) is 10.6. The van der Waals surface area contributed by atoms with Crippen LogP contribution in [0, 0.1) is 11.3 Å². The molecule has 2 aromatic rings. The highest BCUT2D eigenvalue weighted by atomic mass is 16.4. The third-order valence-corrected chi connectivity index (χ3v) is 6.04. The van der Waals surface area contributed by atoms with Gasteiger partial charge in [0.2, 0.25) is 0 Å². The maximum absolute atomic E-state index is 11.4. The zero-order valence-electron chi connectivity index (χ0n) is 18.6. The van der Waals surface area contributed by atoms with Crippen LogP contribution < -0.4 is 10.2 Å². The first-order chi connectivity index (χ1) is 14.5. The molecule has 1 saturated heterocycles. The molecule has 1 aliphatic heterocycles. The molecular formula is C25H31N3O3. The molecule has 0 bridgehead atoms. The minimum atomic E-state index is -0.844. The number of benzene rings is 2. The predicted molar refractivity (Wildman–Crippen MR) is 123 cm³/mol. The molecule has 1 atom stereocenters. The monoisotopic (exact) mass is 421 g/mol. The van der Waals surface area contributed by atoms with Gasteiger partial charge < -0.3 is 20.4 Å². The van der Waals surface area contributed by atoms with Crippen LogP contribution in [0.15, 0.2) is 42.5 Å². The maximum atomic E-state index is 11.4. The van der Waals surface area contributed by atoms with Gasteiger partial charge in [0.15, 0.2) is 0 Å². The van der Waals surface area contributed by atoms with E-state index in [2.05, 4.69) is 16.3 Å². The lowest BCUT2D eigenvalue weighted by atomic mass is 9.81. The summed E-state index contributed by atoms with van der Waals surface area (Å²) in [5.74, 6) is -0.836. The summed E-state index contributed by atoms with van der Waals surface area (Å²) in [6, 6.07) is 15.4. The molecule has 0 radical (unpaired) electrons. The van der Waals surface area contributed by atoms with Crippen molar-refractivity contribution in [1.29, 1.82) is 5.26 Å². The van der Waals surface area contributed by atoms with Gasteiger partial charge in [0, 0.05) is 17.6 Å². The molecule has 1 aliphatic rings. The van der Waals surface area contributed by atoms with Crippen LogP contribution in [0.2, 0.25) is 0 Å². The van der Waals surface area contributed by atoms with E-state index in [0.29, 0.717) is 5.56 Å². The van der Waals surface area contributed by atoms with E-state index < -0.39 is 17.0 Å². The molecule has 0 aliphatic carbocycles. The molecule has 164 valence electrons. The van der Waals surface area contributed by atoms with Gasteiger partial charge in [0.25, 0.3) is 0 Å². The van der Waals surface area contributed by atoms with Gasteiger partial charge >= 0.3 is 5.97 Å². The Kier molecular flexibility index (Phi) is 6.28. The normalized spacial score (nSPS) is 16.8. The van der Waals surface area contributed by atoms with E-state index in [1.165, 1.54) is 0 Å². The molecule has 1 unspecified atom stereocenters. The fourth-order valence-electron chi connectivity index (χ4n) is 4.36. The number of carboxylic acids is 1. The highest BCUT2D eigenvalue weighted by Crippen LogP contribution is 2.40. The van der Waals surface area contributed by atoms with Crippen molar-refractivity contribution in [3.05, 3.63) is 53.6 Å². The number of carboxylic acid groups (broad SMARTS) is 1. The van der Waals surface area contributed by atoms with Gasteiger partial charge in [-0.05, 0) is 68.7 Å². The maximum Gasteiger partial charge on any atom is 0.304 e. The summed E-state index contributed by atoms with van der Waals surface area (Å²) in [6.45, 7) is 8.38. The van der Waals surface area contributed by atoms with Crippen molar-refractivity contribution in [1.82, 2.24) is 0 Å². The van der Waals surface area contributed by atoms with Crippen molar-refractivity contribution in [2.75, 3.05) is 16.8 Å². The van der Waals surface area contributed by atoms with Crippen LogP contribution in [-0.2, 0) is 10.2 Å². The second-order valence-electron chi connectivity index (χ2n) is 9.51. The molecule has 3 N–H and O–H groups in total. The van der Waals surface area contributed by atoms with Gasteiger partial charge in [0.1, 0.15) is 0 Å². The second-order valence-corrected chi connectivity index (χ2v) is 9.51. The van der Waals surface area contributed by atoms with E-state index in [0.717, 1.165) is 42.0 Å². The Morgan fingerprint density at radius 1 is 1.19 bits per heavy atom. The average Bonchev–Trinajstić information content (AvgIpc) is 3.18. The van der Waals surface area contributed by atoms with E-state index >= 15 is 0 Å². The van der Waals surface area contributed by atoms with Gasteiger partial charge in [-0.2, -0.15) is 5.26 Å². The zero-order chi connectivity index (χ0) is 22.8. The van der Waals surface area contributed by atoms with E-state index in [1.54, 1.807) is 12.1 Å². The molecule has 2 aromatic carbocycles. The fraction of sp³-hybridized carbons (Fsp3) is 0.440. The van der Waals surface area contributed by atoms with Crippen LogP contribution in [0.4, 0.5) is 17.1 Å². The largest absolute Gasteiger partial charge is 0.481 e.